The van der Waals surface area contributed by atoms with E-state index in [1.54, 1.807) is 12.1 Å². The lowest BCUT2D eigenvalue weighted by Crippen LogP contribution is -2.24. The van der Waals surface area contributed by atoms with Gasteiger partial charge >= 0.3 is 0 Å². The van der Waals surface area contributed by atoms with Gasteiger partial charge in [-0.2, -0.15) is 0 Å². The van der Waals surface area contributed by atoms with Gasteiger partial charge < -0.3 is 5.32 Å². The van der Waals surface area contributed by atoms with Crippen molar-refractivity contribution in [1.29, 1.82) is 0 Å². The van der Waals surface area contributed by atoms with E-state index in [-0.39, 0.29) is 10.8 Å². The maximum absolute atomic E-state index is 11.9. The van der Waals surface area contributed by atoms with Crippen LogP contribution in [0.5, 0.6) is 0 Å². The molecule has 0 saturated carbocycles. The van der Waals surface area contributed by atoms with Gasteiger partial charge in [-0.15, -0.1) is 0 Å². The second-order valence-corrected chi connectivity index (χ2v) is 6.63. The van der Waals surface area contributed by atoms with Crippen molar-refractivity contribution in [2.24, 2.45) is 0 Å². The highest BCUT2D eigenvalue weighted by molar-refractivity contribution is 7.90. The molecule has 1 aromatic carbocycles. The van der Waals surface area contributed by atoms with Gasteiger partial charge in [-0.05, 0) is 24.6 Å². The molecule has 0 aliphatic carbocycles. The number of unbranched alkanes of at least 4 members (excludes halogenated alkanes) is 3. The molecule has 1 aromatic rings. The van der Waals surface area contributed by atoms with Crippen molar-refractivity contribution in [3.8, 4) is 0 Å². The summed E-state index contributed by atoms with van der Waals surface area (Å²) in [6.07, 6.45) is 5.50. The SMILES string of the molecule is CCCCCCNC(=O)c1cccc(S(C)(=O)=O)c1. The standard InChI is InChI=1S/C14H21NO3S/c1-3-4-5-6-10-15-14(16)12-8-7-9-13(11-12)19(2,17)18/h7-9,11H,3-6,10H2,1-2H3,(H,15,16). The van der Waals surface area contributed by atoms with Crippen LogP contribution < -0.4 is 5.32 Å². The van der Waals surface area contributed by atoms with E-state index < -0.39 is 9.84 Å². The first-order valence-corrected chi connectivity index (χ1v) is 8.42. The summed E-state index contributed by atoms with van der Waals surface area (Å²) >= 11 is 0. The summed E-state index contributed by atoms with van der Waals surface area (Å²) in [5, 5.41) is 2.80. The third-order valence-electron chi connectivity index (χ3n) is 2.84. The zero-order valence-electron chi connectivity index (χ0n) is 11.5. The van der Waals surface area contributed by atoms with Gasteiger partial charge in [-0.25, -0.2) is 8.42 Å². The minimum Gasteiger partial charge on any atom is -0.352 e. The topological polar surface area (TPSA) is 63.2 Å². The van der Waals surface area contributed by atoms with E-state index in [0.717, 1.165) is 25.5 Å². The first-order chi connectivity index (χ1) is 8.95. The van der Waals surface area contributed by atoms with Crippen molar-refractivity contribution in [3.63, 3.8) is 0 Å². The molecule has 0 saturated heterocycles. The van der Waals surface area contributed by atoms with E-state index in [1.165, 1.54) is 18.6 Å². The number of nitrogens with one attached hydrogen (secondary N) is 1. The van der Waals surface area contributed by atoms with Gasteiger partial charge in [0, 0.05) is 18.4 Å². The summed E-state index contributed by atoms with van der Waals surface area (Å²) in [5.74, 6) is -0.220. The number of rotatable bonds is 7. The molecule has 1 rings (SSSR count). The summed E-state index contributed by atoms with van der Waals surface area (Å²) in [6.45, 7) is 2.76. The molecule has 1 N–H and O–H groups in total. The number of sulfone groups is 1. The van der Waals surface area contributed by atoms with Crippen LogP contribution in [0.2, 0.25) is 0 Å². The molecule has 19 heavy (non-hydrogen) atoms. The lowest BCUT2D eigenvalue weighted by atomic mass is 10.2. The van der Waals surface area contributed by atoms with E-state index in [4.69, 9.17) is 0 Å². The minimum atomic E-state index is -3.27. The molecule has 0 aliphatic heterocycles. The third kappa shape index (κ3) is 5.42. The zero-order chi connectivity index (χ0) is 14.3. The Morgan fingerprint density at radius 2 is 1.95 bits per heavy atom. The van der Waals surface area contributed by atoms with Crippen molar-refractivity contribution in [2.75, 3.05) is 12.8 Å². The predicted molar refractivity (Wildman–Crippen MR) is 76.0 cm³/mol. The lowest BCUT2D eigenvalue weighted by Gasteiger charge is -2.06. The molecule has 0 radical (unpaired) electrons. The van der Waals surface area contributed by atoms with E-state index in [2.05, 4.69) is 12.2 Å². The lowest BCUT2D eigenvalue weighted by molar-refractivity contribution is 0.0952. The average molecular weight is 283 g/mol. The number of amides is 1. The maximum atomic E-state index is 11.9. The molecule has 0 aliphatic rings. The van der Waals surface area contributed by atoms with Crippen LogP contribution in [0, 0.1) is 0 Å². The fourth-order valence-corrected chi connectivity index (χ4v) is 2.39. The van der Waals surface area contributed by atoms with Crippen molar-refractivity contribution >= 4 is 15.7 Å². The Morgan fingerprint density at radius 1 is 1.21 bits per heavy atom. The smallest absolute Gasteiger partial charge is 0.251 e. The molecule has 1 amide bonds. The summed E-state index contributed by atoms with van der Waals surface area (Å²) in [5.41, 5.74) is 0.387. The van der Waals surface area contributed by atoms with Gasteiger partial charge in [0.25, 0.3) is 5.91 Å². The fourth-order valence-electron chi connectivity index (χ4n) is 1.72. The second kappa shape index (κ2) is 7.28. The number of hydrogen-bond acceptors (Lipinski definition) is 3. The van der Waals surface area contributed by atoms with Crippen LogP contribution >= 0.6 is 0 Å². The number of carbonyl (C=O) groups excluding carboxylic acids is 1. The van der Waals surface area contributed by atoms with E-state index in [0.29, 0.717) is 12.1 Å². The van der Waals surface area contributed by atoms with Gasteiger partial charge in [0.2, 0.25) is 0 Å². The molecule has 106 valence electrons. The maximum Gasteiger partial charge on any atom is 0.251 e. The molecule has 0 bridgehead atoms. The Morgan fingerprint density at radius 3 is 2.58 bits per heavy atom. The summed E-state index contributed by atoms with van der Waals surface area (Å²) < 4.78 is 22.8. The van der Waals surface area contributed by atoms with Crippen molar-refractivity contribution in [2.45, 2.75) is 37.5 Å². The Kier molecular flexibility index (Phi) is 6.02. The van der Waals surface area contributed by atoms with Crippen LogP contribution in [0.1, 0.15) is 43.0 Å². The molecule has 0 unspecified atom stereocenters. The highest BCUT2D eigenvalue weighted by Crippen LogP contribution is 2.11. The van der Waals surface area contributed by atoms with E-state index >= 15 is 0 Å². The highest BCUT2D eigenvalue weighted by Gasteiger charge is 2.10. The van der Waals surface area contributed by atoms with Gasteiger partial charge in [-0.3, -0.25) is 4.79 Å². The molecule has 4 nitrogen and oxygen atoms in total. The van der Waals surface area contributed by atoms with Crippen LogP contribution in [-0.4, -0.2) is 27.1 Å². The summed E-state index contributed by atoms with van der Waals surface area (Å²) in [4.78, 5) is 12.0. The average Bonchev–Trinajstić information content (AvgIpc) is 2.37. The molecular formula is C14H21NO3S. The molecule has 0 heterocycles. The Labute approximate surface area is 115 Å². The van der Waals surface area contributed by atoms with E-state index in [1.807, 2.05) is 0 Å². The molecule has 0 aromatic heterocycles. The monoisotopic (exact) mass is 283 g/mol. The quantitative estimate of drug-likeness (QED) is 0.782. The molecule has 0 atom stereocenters. The summed E-state index contributed by atoms with van der Waals surface area (Å²) in [6, 6.07) is 6.11. The van der Waals surface area contributed by atoms with Crippen LogP contribution in [-0.2, 0) is 9.84 Å². The zero-order valence-corrected chi connectivity index (χ0v) is 12.3. The Hall–Kier alpha value is -1.36. The van der Waals surface area contributed by atoms with Crippen molar-refractivity contribution < 1.29 is 13.2 Å². The highest BCUT2D eigenvalue weighted by atomic mass is 32.2. The Balaban J connectivity index is 2.58. The van der Waals surface area contributed by atoms with Gasteiger partial charge in [-0.1, -0.05) is 32.3 Å². The molecule has 5 heteroatoms. The fraction of sp³-hybridized carbons (Fsp3) is 0.500. The van der Waals surface area contributed by atoms with Gasteiger partial charge in [0.1, 0.15) is 0 Å². The largest absolute Gasteiger partial charge is 0.352 e. The van der Waals surface area contributed by atoms with Crippen LogP contribution in [0.4, 0.5) is 0 Å². The van der Waals surface area contributed by atoms with Crippen molar-refractivity contribution in [1.82, 2.24) is 5.32 Å². The summed E-state index contributed by atoms with van der Waals surface area (Å²) in [7, 11) is -3.27. The van der Waals surface area contributed by atoms with Gasteiger partial charge in [0.05, 0.1) is 4.90 Å². The normalized spacial score (nSPS) is 11.3. The first kappa shape index (κ1) is 15.7. The van der Waals surface area contributed by atoms with Crippen LogP contribution in [0.3, 0.4) is 0 Å². The minimum absolute atomic E-state index is 0.172. The van der Waals surface area contributed by atoms with E-state index in [9.17, 15) is 13.2 Å². The van der Waals surface area contributed by atoms with Crippen LogP contribution in [0.15, 0.2) is 29.2 Å². The second-order valence-electron chi connectivity index (χ2n) is 4.62. The predicted octanol–water partition coefficient (Wildman–Crippen LogP) is 2.40. The van der Waals surface area contributed by atoms with Crippen LogP contribution in [0.25, 0.3) is 0 Å². The molecular weight excluding hydrogens is 262 g/mol. The third-order valence-corrected chi connectivity index (χ3v) is 3.95. The molecule has 0 fully saturated rings. The number of benzene rings is 1. The number of hydrogen-bond donors (Lipinski definition) is 1. The first-order valence-electron chi connectivity index (χ1n) is 6.53. The van der Waals surface area contributed by atoms with Gasteiger partial charge in [0.15, 0.2) is 9.84 Å². The number of carbonyl (C=O) groups is 1. The van der Waals surface area contributed by atoms with Crippen molar-refractivity contribution in [3.05, 3.63) is 29.8 Å². The molecule has 0 spiro atoms. The Bertz CT molecular complexity index is 523.